The van der Waals surface area contributed by atoms with Gasteiger partial charge < -0.3 is 11.1 Å². The summed E-state index contributed by atoms with van der Waals surface area (Å²) in [7, 11) is 0. The van der Waals surface area contributed by atoms with Crippen molar-refractivity contribution < 1.29 is 4.79 Å². The monoisotopic (exact) mass is 260 g/mol. The first-order valence-corrected chi connectivity index (χ1v) is 7.16. The lowest BCUT2D eigenvalue weighted by molar-refractivity contribution is -0.131. The van der Waals surface area contributed by atoms with Crippen LogP contribution in [0.15, 0.2) is 24.3 Å². The van der Waals surface area contributed by atoms with Gasteiger partial charge in [0, 0.05) is 6.54 Å². The Morgan fingerprint density at radius 3 is 2.58 bits per heavy atom. The first-order chi connectivity index (χ1) is 9.09. The molecule has 1 atom stereocenters. The number of aryl methyl sites for hydroxylation is 1. The van der Waals surface area contributed by atoms with Crippen molar-refractivity contribution in [3.05, 3.63) is 35.4 Å². The van der Waals surface area contributed by atoms with Crippen molar-refractivity contribution in [1.29, 1.82) is 0 Å². The van der Waals surface area contributed by atoms with Gasteiger partial charge >= 0.3 is 0 Å². The zero-order chi connectivity index (χ0) is 13.9. The number of rotatable bonds is 4. The predicted molar refractivity (Wildman–Crippen MR) is 77.7 cm³/mol. The molecule has 1 saturated carbocycles. The Morgan fingerprint density at radius 2 is 2.00 bits per heavy atom. The molecule has 0 saturated heterocycles. The quantitative estimate of drug-likeness (QED) is 0.874. The molecule has 1 aromatic carbocycles. The maximum Gasteiger partial charge on any atom is 0.227 e. The van der Waals surface area contributed by atoms with Crippen LogP contribution in [0, 0.1) is 12.3 Å². The molecule has 3 nitrogen and oxygen atoms in total. The van der Waals surface area contributed by atoms with Crippen LogP contribution in [0.4, 0.5) is 0 Å². The summed E-state index contributed by atoms with van der Waals surface area (Å²) in [6.45, 7) is 4.57. The van der Waals surface area contributed by atoms with Crippen molar-refractivity contribution in [1.82, 2.24) is 5.32 Å². The number of nitrogens with one attached hydrogen (secondary N) is 1. The van der Waals surface area contributed by atoms with Gasteiger partial charge in [0.2, 0.25) is 5.91 Å². The van der Waals surface area contributed by atoms with E-state index in [1.54, 1.807) is 0 Å². The summed E-state index contributed by atoms with van der Waals surface area (Å²) >= 11 is 0. The second-order valence-corrected chi connectivity index (χ2v) is 5.74. The summed E-state index contributed by atoms with van der Waals surface area (Å²) in [5.41, 5.74) is 7.92. The molecular formula is C16H24N2O. The number of nitrogens with two attached hydrogens (primary N) is 1. The van der Waals surface area contributed by atoms with Crippen LogP contribution in [0.1, 0.15) is 49.8 Å². The minimum Gasteiger partial charge on any atom is -0.349 e. The molecule has 2 rings (SSSR count). The van der Waals surface area contributed by atoms with E-state index in [2.05, 4.69) is 24.4 Å². The summed E-state index contributed by atoms with van der Waals surface area (Å²) in [6, 6.07) is 8.22. The first kappa shape index (κ1) is 14.1. The molecule has 0 bridgehead atoms. The highest BCUT2D eigenvalue weighted by Crippen LogP contribution is 2.37. The van der Waals surface area contributed by atoms with E-state index in [0.29, 0.717) is 6.54 Å². The molecule has 0 aliphatic heterocycles. The lowest BCUT2D eigenvalue weighted by Gasteiger charge is -2.28. The van der Waals surface area contributed by atoms with Gasteiger partial charge in [-0.3, -0.25) is 4.79 Å². The van der Waals surface area contributed by atoms with Gasteiger partial charge in [-0.1, -0.05) is 37.1 Å². The molecule has 1 aliphatic carbocycles. The third-order valence-electron chi connectivity index (χ3n) is 4.44. The molecule has 1 aliphatic rings. The standard InChI is InChI=1S/C16H24N2O/c1-12-7-3-4-8-14(12)13(2)18-15(19)16(11-17)9-5-6-10-16/h3-4,7-8,13H,5-6,9-11,17H2,1-2H3,(H,18,19). The van der Waals surface area contributed by atoms with Crippen LogP contribution in [0.3, 0.4) is 0 Å². The Hall–Kier alpha value is -1.35. The van der Waals surface area contributed by atoms with E-state index in [9.17, 15) is 4.79 Å². The van der Waals surface area contributed by atoms with Crippen molar-refractivity contribution in [3.8, 4) is 0 Å². The fourth-order valence-electron chi connectivity index (χ4n) is 3.08. The van der Waals surface area contributed by atoms with Gasteiger partial charge in [0.15, 0.2) is 0 Å². The maximum absolute atomic E-state index is 12.5. The van der Waals surface area contributed by atoms with Crippen LogP contribution < -0.4 is 11.1 Å². The molecule has 104 valence electrons. The smallest absolute Gasteiger partial charge is 0.227 e. The second-order valence-electron chi connectivity index (χ2n) is 5.74. The number of benzene rings is 1. The van der Waals surface area contributed by atoms with Gasteiger partial charge in [-0.15, -0.1) is 0 Å². The Kier molecular flexibility index (Phi) is 4.25. The number of amides is 1. The highest BCUT2D eigenvalue weighted by atomic mass is 16.2. The fraction of sp³-hybridized carbons (Fsp3) is 0.562. The third kappa shape index (κ3) is 2.81. The molecule has 0 spiro atoms. The molecule has 0 heterocycles. The summed E-state index contributed by atoms with van der Waals surface area (Å²) in [5.74, 6) is 0.128. The van der Waals surface area contributed by atoms with Crippen molar-refractivity contribution in [2.45, 2.75) is 45.6 Å². The van der Waals surface area contributed by atoms with E-state index >= 15 is 0 Å². The lowest BCUT2D eigenvalue weighted by Crippen LogP contribution is -2.45. The van der Waals surface area contributed by atoms with E-state index < -0.39 is 0 Å². The van der Waals surface area contributed by atoms with Crippen molar-refractivity contribution in [3.63, 3.8) is 0 Å². The van der Waals surface area contributed by atoms with E-state index in [0.717, 1.165) is 25.7 Å². The Balaban J connectivity index is 2.08. The topological polar surface area (TPSA) is 55.1 Å². The number of hydrogen-bond acceptors (Lipinski definition) is 2. The minimum absolute atomic E-state index is 0.0396. The van der Waals surface area contributed by atoms with Crippen LogP contribution in [0.2, 0.25) is 0 Å². The predicted octanol–water partition coefficient (Wildman–Crippen LogP) is 2.69. The van der Waals surface area contributed by atoms with E-state index in [1.807, 2.05) is 19.1 Å². The Morgan fingerprint density at radius 1 is 1.37 bits per heavy atom. The van der Waals surface area contributed by atoms with Gasteiger partial charge in [0.25, 0.3) is 0 Å². The summed E-state index contributed by atoms with van der Waals surface area (Å²) in [6.07, 6.45) is 4.08. The van der Waals surface area contributed by atoms with Crippen molar-refractivity contribution >= 4 is 5.91 Å². The summed E-state index contributed by atoms with van der Waals surface area (Å²) in [4.78, 5) is 12.5. The van der Waals surface area contributed by atoms with Crippen LogP contribution in [0.25, 0.3) is 0 Å². The zero-order valence-electron chi connectivity index (χ0n) is 11.9. The molecule has 19 heavy (non-hydrogen) atoms. The highest BCUT2D eigenvalue weighted by Gasteiger charge is 2.40. The first-order valence-electron chi connectivity index (χ1n) is 7.16. The maximum atomic E-state index is 12.5. The molecule has 1 unspecified atom stereocenters. The second kappa shape index (κ2) is 5.74. The Bertz CT molecular complexity index is 450. The van der Waals surface area contributed by atoms with Crippen molar-refractivity contribution in [2.75, 3.05) is 6.54 Å². The van der Waals surface area contributed by atoms with Crippen LogP contribution in [-0.2, 0) is 4.79 Å². The highest BCUT2D eigenvalue weighted by molar-refractivity contribution is 5.83. The average molecular weight is 260 g/mol. The number of carbonyl (C=O) groups excluding carboxylic acids is 1. The molecule has 1 fully saturated rings. The van der Waals surface area contributed by atoms with E-state index in [-0.39, 0.29) is 17.4 Å². The normalized spacial score (nSPS) is 19.1. The van der Waals surface area contributed by atoms with Gasteiger partial charge in [0.1, 0.15) is 0 Å². The summed E-state index contributed by atoms with van der Waals surface area (Å²) < 4.78 is 0. The number of carbonyl (C=O) groups is 1. The molecular weight excluding hydrogens is 236 g/mol. The molecule has 3 N–H and O–H groups in total. The zero-order valence-corrected chi connectivity index (χ0v) is 11.9. The van der Waals surface area contributed by atoms with Crippen LogP contribution >= 0.6 is 0 Å². The fourth-order valence-corrected chi connectivity index (χ4v) is 3.08. The molecule has 0 aromatic heterocycles. The SMILES string of the molecule is Cc1ccccc1C(C)NC(=O)C1(CN)CCCC1. The van der Waals surface area contributed by atoms with Crippen LogP contribution in [-0.4, -0.2) is 12.5 Å². The van der Waals surface area contributed by atoms with E-state index in [1.165, 1.54) is 11.1 Å². The van der Waals surface area contributed by atoms with Gasteiger partial charge in [0.05, 0.1) is 11.5 Å². The molecule has 1 aromatic rings. The molecule has 1 amide bonds. The minimum atomic E-state index is -0.322. The third-order valence-corrected chi connectivity index (χ3v) is 4.44. The van der Waals surface area contributed by atoms with Gasteiger partial charge in [-0.05, 0) is 37.8 Å². The van der Waals surface area contributed by atoms with E-state index in [4.69, 9.17) is 5.73 Å². The van der Waals surface area contributed by atoms with Crippen LogP contribution in [0.5, 0.6) is 0 Å². The lowest BCUT2D eigenvalue weighted by atomic mass is 9.85. The van der Waals surface area contributed by atoms with Gasteiger partial charge in [-0.25, -0.2) is 0 Å². The Labute approximate surface area is 115 Å². The summed E-state index contributed by atoms with van der Waals surface area (Å²) in [5, 5.41) is 3.15. The van der Waals surface area contributed by atoms with Crippen molar-refractivity contribution in [2.24, 2.45) is 11.1 Å². The molecule has 0 radical (unpaired) electrons. The van der Waals surface area contributed by atoms with Gasteiger partial charge in [-0.2, -0.15) is 0 Å². The number of hydrogen-bond donors (Lipinski definition) is 2. The largest absolute Gasteiger partial charge is 0.349 e. The average Bonchev–Trinajstić information content (AvgIpc) is 2.89. The molecule has 3 heteroatoms.